The molecule has 0 aliphatic rings. The summed E-state index contributed by atoms with van der Waals surface area (Å²) in [6, 6.07) is 11.7. The first-order valence-corrected chi connectivity index (χ1v) is 10.6. The molecule has 0 unspecified atom stereocenters. The normalized spacial score (nSPS) is 8.05. The molecule has 0 amide bonds. The molecule has 2 aromatic heterocycles. The Balaban J connectivity index is -0.0000000489. The maximum atomic E-state index is 8.49. The second kappa shape index (κ2) is 39.6. The third-order valence-electron chi connectivity index (χ3n) is 2.25. The molecule has 0 aliphatic heterocycles. The first-order chi connectivity index (χ1) is 15.7. The first kappa shape index (κ1) is 56.3. The van der Waals surface area contributed by atoms with Gasteiger partial charge in [0.1, 0.15) is 0 Å². The average molecular weight is 690 g/mol. The van der Waals surface area contributed by atoms with Crippen LogP contribution >= 0.6 is 0 Å². The minimum absolute atomic E-state index is 0. The van der Waals surface area contributed by atoms with Gasteiger partial charge in [0, 0.05) is 36.6 Å². The number of nitrogens with zero attached hydrogens (tertiary/aromatic N) is 8. The summed E-state index contributed by atoms with van der Waals surface area (Å²) < 4.78 is 67.9. The van der Waals surface area contributed by atoms with E-state index in [1.165, 1.54) is 9.82 Å². The van der Waals surface area contributed by atoms with Crippen molar-refractivity contribution in [1.82, 2.24) is 9.97 Å². The number of hydrogen-bond acceptors (Lipinski definition) is 12. The first-order valence-electron chi connectivity index (χ1n) is 8.10. The van der Waals surface area contributed by atoms with Crippen LogP contribution in [0.2, 0.25) is 0 Å². The Labute approximate surface area is 241 Å². The Morgan fingerprint density at radius 1 is 0.605 bits per heavy atom. The summed E-state index contributed by atoms with van der Waals surface area (Å²) in [4.78, 5) is 11.2. The van der Waals surface area contributed by atoms with Gasteiger partial charge in [0.15, 0.2) is 0 Å². The Morgan fingerprint density at radius 2 is 0.816 bits per heavy atom. The molecule has 2 heterocycles. The van der Waals surface area contributed by atoms with Gasteiger partial charge in [-0.3, -0.25) is 19.8 Å². The summed E-state index contributed by atoms with van der Waals surface area (Å²) in [5, 5.41) is 0. The molecular weight excluding hydrogens is 666 g/mol. The molecule has 0 spiro atoms. The van der Waals surface area contributed by atoms with Gasteiger partial charge in [-0.1, -0.05) is 12.1 Å². The third kappa shape index (κ3) is 92.5. The maximum absolute atomic E-state index is 8.49. The van der Waals surface area contributed by atoms with Crippen LogP contribution in [0.25, 0.3) is 31.9 Å². The van der Waals surface area contributed by atoms with Crippen LogP contribution in [0.4, 0.5) is 0 Å². The van der Waals surface area contributed by atoms with Gasteiger partial charge in [0.2, 0.25) is 0 Å². The van der Waals surface area contributed by atoms with Crippen LogP contribution in [0.1, 0.15) is 11.4 Å². The third-order valence-corrected chi connectivity index (χ3v) is 2.25. The van der Waals surface area contributed by atoms with Gasteiger partial charge in [-0.25, -0.2) is 37.3 Å². The molecule has 0 bridgehead atoms. The second-order valence-corrected chi connectivity index (χ2v) is 6.17. The number of aromatic nitrogens is 2. The Morgan fingerprint density at radius 3 is 0.947 bits per heavy atom. The van der Waals surface area contributed by atoms with Crippen molar-refractivity contribution in [3.63, 3.8) is 0 Å². The number of nitrogens with two attached hydrogens (primary N) is 2. The molecule has 0 saturated carbocycles. The topological polar surface area (TPSA) is 443 Å². The van der Waals surface area contributed by atoms with Gasteiger partial charge in [-0.15, -0.1) is 20.5 Å². The summed E-state index contributed by atoms with van der Waals surface area (Å²) in [6.07, 6.45) is 5.32. The van der Waals surface area contributed by atoms with Gasteiger partial charge in [-0.2, -0.15) is 0 Å². The van der Waals surface area contributed by atoms with E-state index in [2.05, 4.69) is 9.97 Å². The Bertz CT molecular complexity index is 692. The van der Waals surface area contributed by atoms with Crippen LogP contribution < -0.4 is 48.7 Å². The zero-order valence-corrected chi connectivity index (χ0v) is 22.2. The SMILES string of the molecule is NCCc1ccccn1.NCCc1ccccn1.O.O.[Cu+2].[Cu+2].[N-]=[N+]=[N-].[N-]=[N+]=[N-].[O-][Cl+3]([O-])([O-])[O-].[O-][Cl+3]([O-])([O-])[O-]. The predicted octanol–water partition coefficient (Wildman–Crippen LogP) is -8.27. The molecule has 2 aromatic rings. The van der Waals surface area contributed by atoms with Crippen LogP contribution in [0, 0.1) is 20.5 Å². The van der Waals surface area contributed by atoms with Crippen molar-refractivity contribution in [3.8, 4) is 0 Å². The van der Waals surface area contributed by atoms with Gasteiger partial charge in [-0.05, 0) is 37.4 Å². The zero-order valence-electron chi connectivity index (χ0n) is 18.8. The van der Waals surface area contributed by atoms with E-state index in [-0.39, 0.29) is 45.1 Å². The van der Waals surface area contributed by atoms with Gasteiger partial charge < -0.3 is 44.5 Å². The smallest absolute Gasteiger partial charge is 0.412 e. The van der Waals surface area contributed by atoms with Crippen molar-refractivity contribution in [1.29, 1.82) is 0 Å². The largest absolute Gasteiger partial charge is 2.00 e. The van der Waals surface area contributed by atoms with Crippen LogP contribution in [0.15, 0.2) is 48.8 Å². The monoisotopic (exact) mass is 688 g/mol. The van der Waals surface area contributed by atoms with Crippen LogP contribution in [-0.4, -0.2) is 34.0 Å². The van der Waals surface area contributed by atoms with Crippen molar-refractivity contribution in [2.75, 3.05) is 13.1 Å². The van der Waals surface area contributed by atoms with Crippen LogP contribution in [-0.2, 0) is 47.0 Å². The second-order valence-electron chi connectivity index (χ2n) is 4.65. The molecule has 0 saturated heterocycles. The molecule has 0 atom stereocenters. The van der Waals surface area contributed by atoms with Gasteiger partial charge in [0.05, 0.1) is 0 Å². The summed E-state index contributed by atoms with van der Waals surface area (Å²) in [5.74, 6) is 0. The molecule has 24 heteroatoms. The number of pyridine rings is 2. The molecule has 8 N–H and O–H groups in total. The molecule has 226 valence electrons. The summed E-state index contributed by atoms with van der Waals surface area (Å²) >= 11 is 0. The van der Waals surface area contributed by atoms with E-state index in [1.807, 2.05) is 36.4 Å². The van der Waals surface area contributed by atoms with Crippen molar-refractivity contribution in [2.45, 2.75) is 12.8 Å². The van der Waals surface area contributed by atoms with Gasteiger partial charge >= 0.3 is 34.1 Å². The van der Waals surface area contributed by atoms with Crippen molar-refractivity contribution in [2.24, 2.45) is 11.5 Å². The Hall–Kier alpha value is -1.94. The molecule has 0 aliphatic carbocycles. The minimum Gasteiger partial charge on any atom is -0.412 e. The number of rotatable bonds is 4. The van der Waals surface area contributed by atoms with Crippen molar-refractivity contribution >= 4 is 0 Å². The fourth-order valence-corrected chi connectivity index (χ4v) is 1.39. The number of hydrogen-bond donors (Lipinski definition) is 2. The maximum Gasteiger partial charge on any atom is 2.00 e. The quantitative estimate of drug-likeness (QED) is 0.131. The average Bonchev–Trinajstić information content (AvgIpc) is 2.69. The summed E-state index contributed by atoms with van der Waals surface area (Å²) in [5.41, 5.74) is 39.8. The van der Waals surface area contributed by atoms with E-state index in [0.717, 1.165) is 24.2 Å². The molecular formula is C14H24Cl2Cu2N10O10. The predicted molar refractivity (Wildman–Crippen MR) is 101 cm³/mol. The molecule has 2 radical (unpaired) electrons. The molecule has 20 nitrogen and oxygen atoms in total. The summed E-state index contributed by atoms with van der Waals surface area (Å²) in [7, 11) is -9.89. The van der Waals surface area contributed by atoms with Crippen LogP contribution in [0.3, 0.4) is 0 Å². The fraction of sp³-hybridized carbons (Fsp3) is 0.286. The van der Waals surface area contributed by atoms with Crippen molar-refractivity contribution < 1.29 is 103 Å². The molecule has 2 rings (SSSR count). The standard InChI is InChI=1S/2C7H10N2.2ClHO4.2Cu.2N3.2H2O/c2*8-5-4-7-3-1-2-6-9-7;2*2-1(3,4)5;;;2*1-3-2;;/h2*1-3,6H,4-5,8H2;2*(H,2,3,4,5);;;;;2*1H2/q;;;;2*+2;2*-1;;/p-2. The van der Waals surface area contributed by atoms with E-state index in [9.17, 15) is 0 Å². The summed E-state index contributed by atoms with van der Waals surface area (Å²) in [6.45, 7) is 1.36. The minimum atomic E-state index is -4.94. The van der Waals surface area contributed by atoms with E-state index in [1.54, 1.807) is 12.4 Å². The van der Waals surface area contributed by atoms with E-state index < -0.39 is 20.5 Å². The van der Waals surface area contributed by atoms with Crippen molar-refractivity contribution in [3.05, 3.63) is 92.1 Å². The number of halogens is 2. The molecule has 38 heavy (non-hydrogen) atoms. The zero-order chi connectivity index (χ0) is 27.5. The molecule has 0 aromatic carbocycles. The molecule has 0 fully saturated rings. The Kier molecular flexibility index (Phi) is 58.6. The van der Waals surface area contributed by atoms with E-state index in [0.29, 0.717) is 13.1 Å². The van der Waals surface area contributed by atoms with E-state index in [4.69, 9.17) is 70.9 Å². The van der Waals surface area contributed by atoms with Crippen LogP contribution in [0.5, 0.6) is 0 Å². The fourth-order valence-electron chi connectivity index (χ4n) is 1.39. The van der Waals surface area contributed by atoms with E-state index >= 15 is 0 Å². The van der Waals surface area contributed by atoms with Gasteiger partial charge in [0.25, 0.3) is 0 Å².